The summed E-state index contributed by atoms with van der Waals surface area (Å²) in [6.07, 6.45) is 3.08. The van der Waals surface area contributed by atoms with Crippen molar-refractivity contribution in [2.24, 2.45) is 0 Å². The number of anilines is 1. The number of carboxylic acid groups (broad SMARTS) is 1. The largest absolute Gasteiger partial charge is 0.465 e. The molecule has 0 aromatic carbocycles. The van der Waals surface area contributed by atoms with Crippen LogP contribution in [0.4, 0.5) is 14.9 Å². The van der Waals surface area contributed by atoms with E-state index in [2.05, 4.69) is 26.8 Å². The highest BCUT2D eigenvalue weighted by Crippen LogP contribution is 2.37. The molecule has 2 saturated heterocycles. The van der Waals surface area contributed by atoms with Gasteiger partial charge in [-0.15, -0.1) is 0 Å². The fourth-order valence-electron chi connectivity index (χ4n) is 5.50. The molecule has 11 nitrogen and oxygen atoms in total. The zero-order valence-electron chi connectivity index (χ0n) is 21.6. The molecular formula is C27H30FN7O4. The number of hydrogen-bond acceptors (Lipinski definition) is 7. The molecule has 5 heterocycles. The fourth-order valence-corrected chi connectivity index (χ4v) is 5.50. The maximum atomic E-state index is 14.3. The number of nitrogens with zero attached hydrogens (tertiary/aromatic N) is 5. The van der Waals surface area contributed by atoms with Gasteiger partial charge in [-0.2, -0.15) is 10.4 Å². The topological polar surface area (TPSA) is 156 Å². The lowest BCUT2D eigenvalue weighted by Gasteiger charge is -2.38. The van der Waals surface area contributed by atoms with E-state index in [1.165, 1.54) is 31.1 Å². The predicted octanol–water partition coefficient (Wildman–Crippen LogP) is 3.19. The maximum Gasteiger partial charge on any atom is 0.407 e. The summed E-state index contributed by atoms with van der Waals surface area (Å²) in [5.74, 6) is -0.550. The third kappa shape index (κ3) is 5.22. The van der Waals surface area contributed by atoms with E-state index in [0.717, 1.165) is 12.8 Å². The zero-order chi connectivity index (χ0) is 27.9. The summed E-state index contributed by atoms with van der Waals surface area (Å²) in [6.45, 7) is 2.29. The molecule has 0 saturated carbocycles. The van der Waals surface area contributed by atoms with Gasteiger partial charge in [0.25, 0.3) is 5.91 Å². The number of rotatable bonds is 7. The number of nitriles is 1. The highest BCUT2D eigenvalue weighted by molar-refractivity contribution is 6.00. The van der Waals surface area contributed by atoms with Gasteiger partial charge in [-0.05, 0) is 63.8 Å². The van der Waals surface area contributed by atoms with E-state index in [9.17, 15) is 29.5 Å². The van der Waals surface area contributed by atoms with Crippen molar-refractivity contribution in [2.75, 3.05) is 11.9 Å². The van der Waals surface area contributed by atoms with Crippen LogP contribution in [-0.4, -0.2) is 78.2 Å². The number of carbonyl (C=O) groups is 2. The van der Waals surface area contributed by atoms with Gasteiger partial charge in [0.15, 0.2) is 0 Å². The van der Waals surface area contributed by atoms with Crippen LogP contribution >= 0.6 is 0 Å². The lowest BCUT2D eigenvalue weighted by molar-refractivity contribution is -0.00177. The number of hydrogen-bond donors (Lipinski definition) is 4. The van der Waals surface area contributed by atoms with Crippen molar-refractivity contribution in [3.05, 3.63) is 47.8 Å². The third-order valence-electron chi connectivity index (χ3n) is 7.56. The predicted molar refractivity (Wildman–Crippen MR) is 140 cm³/mol. The van der Waals surface area contributed by atoms with Crippen LogP contribution in [0.2, 0.25) is 0 Å². The van der Waals surface area contributed by atoms with E-state index in [0.29, 0.717) is 41.0 Å². The SMILES string of the molecule is CC(C)(O)[C@H](F)CNC(=O)c1cnc(-c2ccc3cc(C#N)cnn23)cc1NC1C[C@H]2CC[C@@H](C1)N2C(=O)O. The summed E-state index contributed by atoms with van der Waals surface area (Å²) in [5.41, 5.74) is 1.38. The quantitative estimate of drug-likeness (QED) is 0.359. The molecule has 4 atom stereocenters. The van der Waals surface area contributed by atoms with Gasteiger partial charge >= 0.3 is 6.09 Å². The maximum absolute atomic E-state index is 14.3. The van der Waals surface area contributed by atoms with Crippen molar-refractivity contribution in [1.29, 1.82) is 5.26 Å². The van der Waals surface area contributed by atoms with Crippen LogP contribution in [0, 0.1) is 11.3 Å². The Morgan fingerprint density at radius 2 is 1.95 bits per heavy atom. The first-order chi connectivity index (χ1) is 18.5. The normalized spacial score (nSPS) is 21.4. The highest BCUT2D eigenvalue weighted by Gasteiger charge is 2.43. The van der Waals surface area contributed by atoms with Crippen LogP contribution in [0.1, 0.15) is 55.5 Å². The average molecular weight is 536 g/mol. The lowest BCUT2D eigenvalue weighted by atomic mass is 9.97. The molecule has 2 aliphatic heterocycles. The zero-order valence-corrected chi connectivity index (χ0v) is 21.6. The number of carbonyl (C=O) groups excluding carboxylic acids is 1. The summed E-state index contributed by atoms with van der Waals surface area (Å²) in [6, 6.07) is 8.87. The van der Waals surface area contributed by atoms with E-state index in [1.807, 2.05) is 12.1 Å². The second-order valence-electron chi connectivity index (χ2n) is 10.7. The summed E-state index contributed by atoms with van der Waals surface area (Å²) < 4.78 is 16.0. The first-order valence-electron chi connectivity index (χ1n) is 12.9. The molecule has 2 fully saturated rings. The molecule has 0 spiro atoms. The van der Waals surface area contributed by atoms with Crippen molar-refractivity contribution >= 4 is 23.2 Å². The number of alkyl halides is 1. The number of piperidine rings is 1. The van der Waals surface area contributed by atoms with E-state index < -0.39 is 23.8 Å². The monoisotopic (exact) mass is 535 g/mol. The number of halogens is 1. The van der Waals surface area contributed by atoms with Gasteiger partial charge in [0.05, 0.1) is 52.1 Å². The minimum Gasteiger partial charge on any atom is -0.465 e. The molecule has 0 radical (unpaired) electrons. The minimum absolute atomic E-state index is 0.0782. The molecule has 1 unspecified atom stereocenters. The molecule has 4 N–H and O–H groups in total. The Balaban J connectivity index is 1.46. The molecule has 2 aliphatic rings. The number of pyridine rings is 1. The molecule has 3 aromatic heterocycles. The van der Waals surface area contributed by atoms with Crippen molar-refractivity contribution in [2.45, 2.75) is 69.4 Å². The fraction of sp³-hybridized carbons (Fsp3) is 0.444. The van der Waals surface area contributed by atoms with E-state index in [4.69, 9.17) is 0 Å². The molecule has 3 aromatic rings. The average Bonchev–Trinajstić information content (AvgIpc) is 3.44. The number of amides is 2. The number of nitrogens with one attached hydrogen (secondary N) is 2. The third-order valence-corrected chi connectivity index (χ3v) is 7.56. The van der Waals surface area contributed by atoms with Gasteiger partial charge in [-0.1, -0.05) is 0 Å². The van der Waals surface area contributed by atoms with Crippen LogP contribution in [0.3, 0.4) is 0 Å². The second-order valence-corrected chi connectivity index (χ2v) is 10.7. The molecule has 2 bridgehead atoms. The van der Waals surface area contributed by atoms with Crippen LogP contribution in [0.5, 0.6) is 0 Å². The number of aromatic nitrogens is 3. The summed E-state index contributed by atoms with van der Waals surface area (Å²) in [5, 5.41) is 39.0. The molecule has 39 heavy (non-hydrogen) atoms. The Labute approximate surface area is 224 Å². The van der Waals surface area contributed by atoms with Gasteiger partial charge in [0.2, 0.25) is 0 Å². The molecule has 204 valence electrons. The molecule has 2 amide bonds. The summed E-state index contributed by atoms with van der Waals surface area (Å²) in [7, 11) is 0. The smallest absolute Gasteiger partial charge is 0.407 e. The van der Waals surface area contributed by atoms with Gasteiger partial charge in [0, 0.05) is 24.3 Å². The summed E-state index contributed by atoms with van der Waals surface area (Å²) in [4.78, 5) is 30.9. The van der Waals surface area contributed by atoms with Gasteiger partial charge in [-0.25, -0.2) is 13.7 Å². The molecule has 0 aliphatic carbocycles. The Morgan fingerprint density at radius 3 is 2.59 bits per heavy atom. The van der Waals surface area contributed by atoms with Crippen molar-refractivity contribution in [3.63, 3.8) is 0 Å². The van der Waals surface area contributed by atoms with E-state index in [1.54, 1.807) is 16.6 Å². The summed E-state index contributed by atoms with van der Waals surface area (Å²) >= 11 is 0. The van der Waals surface area contributed by atoms with E-state index >= 15 is 0 Å². The van der Waals surface area contributed by atoms with Crippen molar-refractivity contribution in [1.82, 2.24) is 24.8 Å². The Hall–Kier alpha value is -4.24. The van der Waals surface area contributed by atoms with Crippen LogP contribution in [0.25, 0.3) is 16.9 Å². The number of aliphatic hydroxyl groups is 1. The van der Waals surface area contributed by atoms with E-state index in [-0.39, 0.29) is 30.2 Å². The number of fused-ring (bicyclic) bond motifs is 3. The highest BCUT2D eigenvalue weighted by atomic mass is 19.1. The van der Waals surface area contributed by atoms with Gasteiger partial charge < -0.3 is 25.7 Å². The van der Waals surface area contributed by atoms with Gasteiger partial charge in [0.1, 0.15) is 12.2 Å². The van der Waals surface area contributed by atoms with Crippen molar-refractivity contribution < 1.29 is 24.2 Å². The molecule has 12 heteroatoms. The van der Waals surface area contributed by atoms with Gasteiger partial charge in [-0.3, -0.25) is 9.78 Å². The van der Waals surface area contributed by atoms with Crippen LogP contribution in [-0.2, 0) is 0 Å². The first kappa shape index (κ1) is 26.4. The minimum atomic E-state index is -1.67. The van der Waals surface area contributed by atoms with Crippen molar-refractivity contribution in [3.8, 4) is 17.5 Å². The standard InChI is InChI=1S/C27H30FN7O4/c1-27(2,39)24(28)14-31-25(36)20-13-30-22(23-6-5-19-7-15(11-29)12-32-35(19)23)10-21(20)33-16-8-17-3-4-18(9-16)34(17)26(37)38/h5-7,10,12-13,16-18,24,39H,3-4,8-9,14H2,1-2H3,(H,30,33)(H,31,36)(H,37,38)/t16?,17-,18+,24-/m1/s1. The second kappa shape index (κ2) is 10.1. The van der Waals surface area contributed by atoms with Crippen LogP contribution in [0.15, 0.2) is 36.7 Å². The Bertz CT molecular complexity index is 1450. The first-order valence-corrected chi connectivity index (χ1v) is 12.9. The molecular weight excluding hydrogens is 505 g/mol. The Morgan fingerprint density at radius 1 is 1.23 bits per heavy atom. The Kier molecular flexibility index (Phi) is 6.86. The lowest BCUT2D eigenvalue weighted by Crippen LogP contribution is -2.49. The molecule has 5 rings (SSSR count). The van der Waals surface area contributed by atoms with Crippen LogP contribution < -0.4 is 10.6 Å².